The lowest BCUT2D eigenvalue weighted by molar-refractivity contribution is -0.384. The van der Waals surface area contributed by atoms with Gasteiger partial charge in [0.05, 0.1) is 11.0 Å². The number of nitro groups is 1. The van der Waals surface area contributed by atoms with Crippen LogP contribution in [0.15, 0.2) is 54.6 Å². The summed E-state index contributed by atoms with van der Waals surface area (Å²) < 4.78 is 0. The van der Waals surface area contributed by atoms with Gasteiger partial charge in [0, 0.05) is 34.3 Å². The van der Waals surface area contributed by atoms with Crippen molar-refractivity contribution in [3.63, 3.8) is 0 Å². The minimum Gasteiger partial charge on any atom is -0.378 e. The van der Waals surface area contributed by atoms with Crippen LogP contribution in [0.1, 0.15) is 29.5 Å². The lowest BCUT2D eigenvalue weighted by Gasteiger charge is -2.37. The smallest absolute Gasteiger partial charge is 0.269 e. The second kappa shape index (κ2) is 5.39. The molecule has 0 spiro atoms. The van der Waals surface area contributed by atoms with E-state index in [1.54, 1.807) is 12.1 Å². The summed E-state index contributed by atoms with van der Waals surface area (Å²) in [6.45, 7) is 0. The lowest BCUT2D eigenvalue weighted by Crippen LogP contribution is -2.29. The predicted molar refractivity (Wildman–Crippen MR) is 90.9 cm³/mol. The molecule has 2 aromatic carbocycles. The molecule has 0 bridgehead atoms. The van der Waals surface area contributed by atoms with Crippen LogP contribution < -0.4 is 5.32 Å². The summed E-state index contributed by atoms with van der Waals surface area (Å²) in [7, 11) is 0. The second-order valence-electron chi connectivity index (χ2n) is 6.03. The standard InChI is InChI=1S/C18H15ClN2O2/c19-16-9-8-11(21(22)23)10-15(16)18-14-6-3-5-12(14)13-4-1-2-7-17(13)20-18/h1-5,7-10,12,14,18,20H,6H2/t12-,14+,18+/m0/s1. The number of hydrogen-bond donors (Lipinski definition) is 1. The van der Waals surface area contributed by atoms with E-state index >= 15 is 0 Å². The number of hydrogen-bond acceptors (Lipinski definition) is 3. The SMILES string of the molecule is O=[N+]([O-])c1ccc(Cl)c([C@@H]2Nc3ccccc3[C@@H]3C=CC[C@H]32)c1. The molecule has 0 fully saturated rings. The summed E-state index contributed by atoms with van der Waals surface area (Å²) in [5.41, 5.74) is 3.23. The van der Waals surface area contributed by atoms with Gasteiger partial charge in [0.1, 0.15) is 0 Å². The molecule has 5 heteroatoms. The Morgan fingerprint density at radius 1 is 1.17 bits per heavy atom. The number of halogens is 1. The molecule has 0 amide bonds. The van der Waals surface area contributed by atoms with Crippen LogP contribution in [-0.2, 0) is 0 Å². The Balaban J connectivity index is 1.81. The van der Waals surface area contributed by atoms with Crippen molar-refractivity contribution < 1.29 is 4.92 Å². The Morgan fingerprint density at radius 3 is 2.83 bits per heavy atom. The molecule has 1 aliphatic heterocycles. The van der Waals surface area contributed by atoms with Crippen molar-refractivity contribution in [3.8, 4) is 0 Å². The molecule has 4 nitrogen and oxygen atoms in total. The van der Waals surface area contributed by atoms with Crippen molar-refractivity contribution in [2.45, 2.75) is 18.4 Å². The van der Waals surface area contributed by atoms with Crippen molar-refractivity contribution in [3.05, 3.63) is 80.9 Å². The van der Waals surface area contributed by atoms with Crippen molar-refractivity contribution >= 4 is 23.0 Å². The molecule has 2 aromatic rings. The molecule has 116 valence electrons. The van der Waals surface area contributed by atoms with Gasteiger partial charge in [0.25, 0.3) is 5.69 Å². The van der Waals surface area contributed by atoms with E-state index in [9.17, 15) is 10.1 Å². The zero-order chi connectivity index (χ0) is 16.0. The molecular weight excluding hydrogens is 312 g/mol. The fourth-order valence-electron chi connectivity index (χ4n) is 3.73. The van der Waals surface area contributed by atoms with E-state index in [0.29, 0.717) is 16.9 Å². The molecule has 0 saturated carbocycles. The van der Waals surface area contributed by atoms with Gasteiger partial charge in [0.15, 0.2) is 0 Å². The molecule has 0 radical (unpaired) electrons. The molecule has 0 saturated heterocycles. The van der Waals surface area contributed by atoms with Gasteiger partial charge in [-0.25, -0.2) is 0 Å². The van der Waals surface area contributed by atoms with Gasteiger partial charge >= 0.3 is 0 Å². The Labute approximate surface area is 138 Å². The van der Waals surface area contributed by atoms with Crippen LogP contribution in [0.3, 0.4) is 0 Å². The summed E-state index contributed by atoms with van der Waals surface area (Å²) in [5.74, 6) is 0.650. The highest BCUT2D eigenvalue weighted by Crippen LogP contribution is 2.50. The fourth-order valence-corrected chi connectivity index (χ4v) is 3.97. The Kier molecular flexibility index (Phi) is 3.34. The first kappa shape index (κ1) is 14.3. The van der Waals surface area contributed by atoms with Gasteiger partial charge in [0.2, 0.25) is 0 Å². The topological polar surface area (TPSA) is 55.2 Å². The van der Waals surface area contributed by atoms with E-state index in [1.807, 2.05) is 12.1 Å². The Hall–Kier alpha value is -2.33. The minimum absolute atomic E-state index is 0.0303. The molecule has 0 aromatic heterocycles. The average Bonchev–Trinajstić information content (AvgIpc) is 3.04. The van der Waals surface area contributed by atoms with Crippen LogP contribution in [0.25, 0.3) is 0 Å². The molecule has 23 heavy (non-hydrogen) atoms. The Bertz CT molecular complexity index is 818. The van der Waals surface area contributed by atoms with Gasteiger partial charge in [-0.05, 0) is 30.0 Å². The number of allylic oxidation sites excluding steroid dienone is 2. The number of fused-ring (bicyclic) bond motifs is 3. The maximum atomic E-state index is 11.1. The van der Waals surface area contributed by atoms with Crippen LogP contribution in [0.2, 0.25) is 5.02 Å². The molecular formula is C18H15ClN2O2. The number of anilines is 1. The number of para-hydroxylation sites is 1. The normalized spacial score (nSPS) is 24.7. The van der Waals surface area contributed by atoms with Crippen LogP contribution in [0.4, 0.5) is 11.4 Å². The van der Waals surface area contributed by atoms with Crippen molar-refractivity contribution in [2.75, 3.05) is 5.32 Å². The maximum absolute atomic E-state index is 11.1. The van der Waals surface area contributed by atoms with Crippen molar-refractivity contribution in [1.29, 1.82) is 0 Å². The minimum atomic E-state index is -0.374. The van der Waals surface area contributed by atoms with E-state index in [2.05, 4.69) is 29.6 Å². The van der Waals surface area contributed by atoms with Crippen LogP contribution in [-0.4, -0.2) is 4.92 Å². The maximum Gasteiger partial charge on any atom is 0.269 e. The first-order chi connectivity index (χ1) is 11.1. The number of nitrogens with one attached hydrogen (secondary N) is 1. The summed E-state index contributed by atoms with van der Waals surface area (Å²) in [6.07, 6.45) is 5.37. The highest BCUT2D eigenvalue weighted by molar-refractivity contribution is 6.31. The molecule has 1 aliphatic carbocycles. The van der Waals surface area contributed by atoms with Crippen LogP contribution in [0, 0.1) is 16.0 Å². The Morgan fingerprint density at radius 2 is 2.00 bits per heavy atom. The third-order valence-corrected chi connectivity index (χ3v) is 5.14. The van der Waals surface area contributed by atoms with Gasteiger partial charge in [-0.1, -0.05) is 42.0 Å². The molecule has 3 atom stereocenters. The largest absolute Gasteiger partial charge is 0.378 e. The number of nitrogens with zero attached hydrogens (tertiary/aromatic N) is 1. The molecule has 1 heterocycles. The van der Waals surface area contributed by atoms with Gasteiger partial charge in [-0.2, -0.15) is 0 Å². The van der Waals surface area contributed by atoms with Crippen molar-refractivity contribution in [2.24, 2.45) is 5.92 Å². The van der Waals surface area contributed by atoms with E-state index in [4.69, 9.17) is 11.6 Å². The summed E-state index contributed by atoms with van der Waals surface area (Å²) in [4.78, 5) is 10.7. The fraction of sp³-hybridized carbons (Fsp3) is 0.222. The van der Waals surface area contributed by atoms with Crippen LogP contribution in [0.5, 0.6) is 0 Å². The van der Waals surface area contributed by atoms with E-state index < -0.39 is 0 Å². The zero-order valence-corrected chi connectivity index (χ0v) is 13.0. The summed E-state index contributed by atoms with van der Waals surface area (Å²) >= 11 is 6.37. The van der Waals surface area contributed by atoms with Gasteiger partial charge in [-0.3, -0.25) is 10.1 Å². The third kappa shape index (κ3) is 2.30. The summed E-state index contributed by atoms with van der Waals surface area (Å²) in [6, 6.07) is 12.9. The molecule has 0 unspecified atom stereocenters. The molecule has 4 rings (SSSR count). The van der Waals surface area contributed by atoms with E-state index in [-0.39, 0.29) is 16.7 Å². The average molecular weight is 327 g/mol. The quantitative estimate of drug-likeness (QED) is 0.476. The highest BCUT2D eigenvalue weighted by Gasteiger charge is 2.38. The first-order valence-electron chi connectivity index (χ1n) is 7.61. The number of benzene rings is 2. The summed E-state index contributed by atoms with van der Waals surface area (Å²) in [5, 5.41) is 15.2. The number of rotatable bonds is 2. The monoisotopic (exact) mass is 326 g/mol. The van der Waals surface area contributed by atoms with Crippen LogP contribution >= 0.6 is 11.6 Å². The molecule has 2 aliphatic rings. The van der Waals surface area contributed by atoms with Gasteiger partial charge in [-0.15, -0.1) is 0 Å². The lowest BCUT2D eigenvalue weighted by atomic mass is 9.77. The first-order valence-corrected chi connectivity index (χ1v) is 7.99. The van der Waals surface area contributed by atoms with E-state index in [0.717, 1.165) is 17.7 Å². The predicted octanol–water partition coefficient (Wildman–Crippen LogP) is 5.07. The van der Waals surface area contributed by atoms with Gasteiger partial charge < -0.3 is 5.32 Å². The highest BCUT2D eigenvalue weighted by atomic mass is 35.5. The molecule has 1 N–H and O–H groups in total. The number of non-ortho nitro benzene ring substituents is 1. The zero-order valence-electron chi connectivity index (χ0n) is 12.3. The third-order valence-electron chi connectivity index (χ3n) is 4.80. The number of nitro benzene ring substituents is 1. The van der Waals surface area contributed by atoms with E-state index in [1.165, 1.54) is 11.6 Å². The second-order valence-corrected chi connectivity index (χ2v) is 6.43. The van der Waals surface area contributed by atoms with Crippen molar-refractivity contribution in [1.82, 2.24) is 0 Å².